The van der Waals surface area contributed by atoms with Gasteiger partial charge in [0.2, 0.25) is 11.8 Å². The zero-order valence-corrected chi connectivity index (χ0v) is 31.4. The lowest BCUT2D eigenvalue weighted by atomic mass is 9.97. The number of ether oxygens (including phenoxy) is 1. The molecule has 0 aromatic rings. The standard InChI is InChI=1S/C28H42N2O10S6/c1-16(31)41-9-7-22-29(19(14-43-22)25(35)36)21(33)6-11-45-46-13-18(12-40-27(39)28(3,4)5)24(34)30-20(26(37)38)15-44-23(30)8-10-42-17(2)32/h18-20,22-23H,6-15H2,1-5H3,(H,35,36)(H,37,38)/t18?,19-,20-,22?,23?/m0/s1. The molecule has 0 aliphatic carbocycles. The topological polar surface area (TPSA) is 176 Å². The second kappa shape index (κ2) is 19.7. The summed E-state index contributed by atoms with van der Waals surface area (Å²) < 4.78 is 5.50. The van der Waals surface area contributed by atoms with Crippen LogP contribution in [0.2, 0.25) is 0 Å². The average molecular weight is 759 g/mol. The van der Waals surface area contributed by atoms with Gasteiger partial charge in [0.1, 0.15) is 18.7 Å². The van der Waals surface area contributed by atoms with Crippen molar-refractivity contribution in [3.63, 3.8) is 0 Å². The monoisotopic (exact) mass is 758 g/mol. The van der Waals surface area contributed by atoms with E-state index in [4.69, 9.17) is 4.74 Å². The molecule has 0 radical (unpaired) electrons. The van der Waals surface area contributed by atoms with E-state index in [1.807, 2.05) is 0 Å². The van der Waals surface area contributed by atoms with Crippen molar-refractivity contribution in [3.05, 3.63) is 0 Å². The average Bonchev–Trinajstić information content (AvgIpc) is 3.58. The van der Waals surface area contributed by atoms with Gasteiger partial charge in [-0.3, -0.25) is 24.0 Å². The van der Waals surface area contributed by atoms with E-state index in [-0.39, 0.29) is 51.8 Å². The lowest BCUT2D eigenvalue weighted by Crippen LogP contribution is -2.49. The molecule has 2 heterocycles. The first-order valence-electron chi connectivity index (χ1n) is 14.5. The number of rotatable bonds is 17. The number of aliphatic carboxylic acids is 2. The summed E-state index contributed by atoms with van der Waals surface area (Å²) in [6.45, 7) is 7.73. The van der Waals surface area contributed by atoms with Crippen molar-refractivity contribution in [1.29, 1.82) is 0 Å². The molecule has 2 rings (SSSR count). The molecule has 0 bridgehead atoms. The van der Waals surface area contributed by atoms with Crippen molar-refractivity contribution in [1.82, 2.24) is 9.80 Å². The number of hydrogen-bond donors (Lipinski definition) is 2. The van der Waals surface area contributed by atoms with Gasteiger partial charge in [-0.2, -0.15) is 0 Å². The molecular weight excluding hydrogens is 717 g/mol. The van der Waals surface area contributed by atoms with Crippen molar-refractivity contribution in [2.45, 2.75) is 76.7 Å². The van der Waals surface area contributed by atoms with Crippen molar-refractivity contribution in [3.8, 4) is 0 Å². The first-order valence-corrected chi connectivity index (χ1v) is 21.1. The zero-order chi connectivity index (χ0) is 34.6. The van der Waals surface area contributed by atoms with E-state index in [1.54, 1.807) is 20.8 Å². The summed E-state index contributed by atoms with van der Waals surface area (Å²) in [7, 11) is 2.61. The molecule has 12 nitrogen and oxygen atoms in total. The van der Waals surface area contributed by atoms with E-state index in [9.17, 15) is 43.8 Å². The molecule has 0 spiro atoms. The van der Waals surface area contributed by atoms with Gasteiger partial charge in [-0.25, -0.2) is 9.59 Å². The Morgan fingerprint density at radius 2 is 1.30 bits per heavy atom. The van der Waals surface area contributed by atoms with Crippen molar-refractivity contribution < 1.29 is 48.5 Å². The quantitative estimate of drug-likeness (QED) is 0.124. The highest BCUT2D eigenvalue weighted by Crippen LogP contribution is 2.36. The Bertz CT molecular complexity index is 1140. The minimum absolute atomic E-state index is 0.0430. The molecule has 0 aromatic carbocycles. The van der Waals surface area contributed by atoms with Gasteiger partial charge in [-0.1, -0.05) is 45.1 Å². The van der Waals surface area contributed by atoms with E-state index >= 15 is 0 Å². The third kappa shape index (κ3) is 13.0. The number of carboxylic acid groups (broad SMARTS) is 2. The Morgan fingerprint density at radius 1 is 0.804 bits per heavy atom. The molecule has 2 saturated heterocycles. The summed E-state index contributed by atoms with van der Waals surface area (Å²) in [5, 5.41) is 18.6. The summed E-state index contributed by atoms with van der Waals surface area (Å²) in [4.78, 5) is 88.9. The van der Waals surface area contributed by atoms with Crippen LogP contribution in [0.4, 0.5) is 0 Å². The predicted octanol–water partition coefficient (Wildman–Crippen LogP) is 4.01. The molecule has 2 fully saturated rings. The Labute approximate surface area is 294 Å². The largest absolute Gasteiger partial charge is 0.480 e. The van der Waals surface area contributed by atoms with Gasteiger partial charge in [0, 0.05) is 54.8 Å². The number of esters is 1. The molecule has 260 valence electrons. The van der Waals surface area contributed by atoms with E-state index in [0.717, 1.165) is 23.5 Å². The lowest BCUT2D eigenvalue weighted by Gasteiger charge is -2.31. The fraction of sp³-hybridized carbons (Fsp3) is 0.750. The second-order valence-electron chi connectivity index (χ2n) is 11.5. The fourth-order valence-electron chi connectivity index (χ4n) is 4.43. The van der Waals surface area contributed by atoms with Crippen LogP contribution in [-0.4, -0.2) is 124 Å². The number of carboxylic acids is 2. The molecular formula is C28H42N2O10S6. The van der Waals surface area contributed by atoms with Crippen LogP contribution in [-0.2, 0) is 38.3 Å². The van der Waals surface area contributed by atoms with Gasteiger partial charge < -0.3 is 24.7 Å². The zero-order valence-electron chi connectivity index (χ0n) is 26.5. The molecule has 2 aliphatic heterocycles. The van der Waals surface area contributed by atoms with Gasteiger partial charge in [0.25, 0.3) is 0 Å². The minimum atomic E-state index is -1.13. The second-order valence-corrected chi connectivity index (χ2v) is 19.1. The van der Waals surface area contributed by atoms with E-state index in [2.05, 4.69) is 0 Å². The molecule has 2 amide bonds. The van der Waals surface area contributed by atoms with Gasteiger partial charge in [-0.15, -0.1) is 23.5 Å². The van der Waals surface area contributed by atoms with E-state index in [1.165, 1.54) is 68.8 Å². The normalized spacial score (nSPS) is 22.0. The third-order valence-electron chi connectivity index (χ3n) is 6.77. The fourth-order valence-corrected chi connectivity index (χ4v) is 11.1. The molecule has 46 heavy (non-hydrogen) atoms. The minimum Gasteiger partial charge on any atom is -0.480 e. The van der Waals surface area contributed by atoms with Crippen LogP contribution in [0.3, 0.4) is 0 Å². The maximum absolute atomic E-state index is 13.9. The summed E-state index contributed by atoms with van der Waals surface area (Å²) in [5.74, 6) is -2.41. The molecule has 5 atom stereocenters. The van der Waals surface area contributed by atoms with E-state index in [0.29, 0.717) is 30.1 Å². The van der Waals surface area contributed by atoms with Crippen molar-refractivity contribution in [2.75, 3.05) is 41.1 Å². The van der Waals surface area contributed by atoms with Gasteiger partial charge in [-0.05, 0) is 33.6 Å². The highest BCUT2D eigenvalue weighted by Gasteiger charge is 2.44. The van der Waals surface area contributed by atoms with Crippen LogP contribution in [0.15, 0.2) is 0 Å². The Balaban J connectivity index is 2.06. The Hall–Kier alpha value is -1.21. The van der Waals surface area contributed by atoms with Crippen LogP contribution in [0.25, 0.3) is 0 Å². The molecule has 0 aromatic heterocycles. The molecule has 0 saturated carbocycles. The van der Waals surface area contributed by atoms with Gasteiger partial charge in [0.05, 0.1) is 22.1 Å². The number of amides is 2. The van der Waals surface area contributed by atoms with Crippen LogP contribution < -0.4 is 0 Å². The van der Waals surface area contributed by atoms with Crippen LogP contribution >= 0.6 is 68.6 Å². The number of carbonyl (C=O) groups excluding carboxylic acids is 5. The summed E-state index contributed by atoms with van der Waals surface area (Å²) in [5.41, 5.74) is -0.806. The summed E-state index contributed by atoms with van der Waals surface area (Å²) >= 11 is 4.98. The first-order chi connectivity index (χ1) is 21.5. The van der Waals surface area contributed by atoms with Gasteiger partial charge >= 0.3 is 17.9 Å². The maximum Gasteiger partial charge on any atom is 0.327 e. The van der Waals surface area contributed by atoms with Crippen LogP contribution in [0.5, 0.6) is 0 Å². The smallest absolute Gasteiger partial charge is 0.327 e. The Kier molecular flexibility index (Phi) is 17.5. The number of hydrogen-bond acceptors (Lipinski definition) is 14. The lowest BCUT2D eigenvalue weighted by molar-refractivity contribution is -0.158. The summed E-state index contributed by atoms with van der Waals surface area (Å²) in [6.07, 6.45) is 0.975. The third-order valence-corrected chi connectivity index (χ3v) is 13.7. The number of nitrogens with zero attached hydrogens (tertiary/aromatic N) is 2. The van der Waals surface area contributed by atoms with Crippen LogP contribution in [0, 0.1) is 11.3 Å². The maximum atomic E-state index is 13.9. The molecule has 2 N–H and O–H groups in total. The predicted molar refractivity (Wildman–Crippen MR) is 188 cm³/mol. The highest BCUT2D eigenvalue weighted by molar-refractivity contribution is 8.76. The SMILES string of the molecule is CC(=O)SCCC1SC[C@@H](C(=O)O)N1C(=O)CCSSCC(COC(=O)C(C)(C)C)C(=O)N1C(CCSC(C)=O)SC[C@H]1C(=O)O. The summed E-state index contributed by atoms with van der Waals surface area (Å²) in [6, 6.07) is -1.99. The van der Waals surface area contributed by atoms with Crippen molar-refractivity contribution >= 4 is 109 Å². The number of thioether (sulfide) groups is 4. The Morgan fingerprint density at radius 3 is 1.78 bits per heavy atom. The van der Waals surface area contributed by atoms with Crippen LogP contribution in [0.1, 0.15) is 53.9 Å². The van der Waals surface area contributed by atoms with Crippen molar-refractivity contribution in [2.24, 2.45) is 11.3 Å². The van der Waals surface area contributed by atoms with E-state index < -0.39 is 52.6 Å². The molecule has 2 aliphatic rings. The van der Waals surface area contributed by atoms with Gasteiger partial charge in [0.15, 0.2) is 10.2 Å². The first kappa shape index (κ1) is 41.0. The number of carbonyl (C=O) groups is 7. The molecule has 3 unspecified atom stereocenters. The highest BCUT2D eigenvalue weighted by atomic mass is 33.1. The molecule has 18 heteroatoms.